The molecular formula is C15H12ClN3OS. The average molecular weight is 318 g/mol. The molecule has 1 heterocycles. The number of aromatic nitrogens is 3. The molecule has 0 saturated carbocycles. The molecular weight excluding hydrogens is 306 g/mol. The van der Waals surface area contributed by atoms with Crippen LogP contribution in [0, 0.1) is 0 Å². The fraction of sp³-hybridized carbons (Fsp3) is 0.0667. The van der Waals surface area contributed by atoms with Crippen LogP contribution >= 0.6 is 23.4 Å². The number of H-pyrrole nitrogens is 1. The van der Waals surface area contributed by atoms with E-state index in [9.17, 15) is 5.11 Å². The van der Waals surface area contributed by atoms with Gasteiger partial charge in [0.1, 0.15) is 5.75 Å². The Balaban J connectivity index is 1.74. The third-order valence-electron chi connectivity index (χ3n) is 2.94. The van der Waals surface area contributed by atoms with Gasteiger partial charge in [0.05, 0.1) is 5.56 Å². The van der Waals surface area contributed by atoms with Crippen molar-refractivity contribution < 1.29 is 5.11 Å². The number of nitrogens with one attached hydrogen (secondary N) is 1. The van der Waals surface area contributed by atoms with E-state index in [-0.39, 0.29) is 5.75 Å². The van der Waals surface area contributed by atoms with E-state index in [2.05, 4.69) is 15.2 Å². The number of benzene rings is 2. The third-order valence-corrected chi connectivity index (χ3v) is 4.20. The van der Waals surface area contributed by atoms with Gasteiger partial charge in [-0.2, -0.15) is 0 Å². The molecule has 4 nitrogen and oxygen atoms in total. The number of thioether (sulfide) groups is 1. The monoisotopic (exact) mass is 317 g/mol. The highest BCUT2D eigenvalue weighted by Gasteiger charge is 2.10. The van der Waals surface area contributed by atoms with Crippen LogP contribution < -0.4 is 0 Å². The largest absolute Gasteiger partial charge is 0.507 e. The van der Waals surface area contributed by atoms with Crippen LogP contribution in [0.15, 0.2) is 53.7 Å². The summed E-state index contributed by atoms with van der Waals surface area (Å²) in [4.78, 5) is 4.38. The molecule has 2 aromatic carbocycles. The van der Waals surface area contributed by atoms with Crippen LogP contribution in [0.2, 0.25) is 5.02 Å². The van der Waals surface area contributed by atoms with Crippen molar-refractivity contribution in [2.75, 3.05) is 0 Å². The molecule has 21 heavy (non-hydrogen) atoms. The maximum absolute atomic E-state index is 9.81. The number of phenolic OH excluding ortho intramolecular Hbond substituents is 1. The molecule has 0 aliphatic carbocycles. The number of phenols is 1. The smallest absolute Gasteiger partial charge is 0.209 e. The molecule has 0 aliphatic heterocycles. The summed E-state index contributed by atoms with van der Waals surface area (Å²) in [6.07, 6.45) is 0. The fourth-order valence-electron chi connectivity index (χ4n) is 1.86. The highest BCUT2D eigenvalue weighted by molar-refractivity contribution is 7.98. The summed E-state index contributed by atoms with van der Waals surface area (Å²) in [6, 6.07) is 14.7. The number of hydrogen-bond donors (Lipinski definition) is 2. The van der Waals surface area contributed by atoms with Gasteiger partial charge in [0.2, 0.25) is 5.16 Å². The fourth-order valence-corrected chi connectivity index (χ4v) is 2.95. The number of nitrogens with zero attached hydrogens (tertiary/aromatic N) is 2. The molecule has 1 aromatic heterocycles. The summed E-state index contributed by atoms with van der Waals surface area (Å²) in [7, 11) is 0. The number of aromatic amines is 1. The summed E-state index contributed by atoms with van der Waals surface area (Å²) in [5.41, 5.74) is 1.67. The topological polar surface area (TPSA) is 61.8 Å². The Morgan fingerprint density at radius 1 is 1.10 bits per heavy atom. The Morgan fingerprint density at radius 3 is 2.67 bits per heavy atom. The van der Waals surface area contributed by atoms with Crippen molar-refractivity contribution in [3.63, 3.8) is 0 Å². The van der Waals surface area contributed by atoms with Crippen LogP contribution in [-0.2, 0) is 5.75 Å². The molecule has 3 aromatic rings. The van der Waals surface area contributed by atoms with Gasteiger partial charge in [-0.05, 0) is 23.8 Å². The molecule has 0 amide bonds. The van der Waals surface area contributed by atoms with Crippen molar-refractivity contribution in [1.29, 1.82) is 0 Å². The van der Waals surface area contributed by atoms with Crippen LogP contribution in [0.25, 0.3) is 11.4 Å². The Hall–Kier alpha value is -1.98. The Morgan fingerprint density at radius 2 is 1.86 bits per heavy atom. The molecule has 3 rings (SSSR count). The van der Waals surface area contributed by atoms with Crippen molar-refractivity contribution in [2.45, 2.75) is 10.9 Å². The molecule has 6 heteroatoms. The van der Waals surface area contributed by atoms with Crippen molar-refractivity contribution in [3.8, 4) is 17.1 Å². The molecule has 0 radical (unpaired) electrons. The average Bonchev–Trinajstić information content (AvgIpc) is 2.96. The number of halogens is 1. The van der Waals surface area contributed by atoms with Gasteiger partial charge >= 0.3 is 0 Å². The summed E-state index contributed by atoms with van der Waals surface area (Å²) in [5.74, 6) is 1.42. The van der Waals surface area contributed by atoms with Gasteiger partial charge in [-0.3, -0.25) is 5.10 Å². The highest BCUT2D eigenvalue weighted by atomic mass is 35.5. The van der Waals surface area contributed by atoms with Gasteiger partial charge in [-0.25, -0.2) is 4.98 Å². The van der Waals surface area contributed by atoms with E-state index in [0.29, 0.717) is 22.3 Å². The minimum atomic E-state index is 0.177. The van der Waals surface area contributed by atoms with Crippen LogP contribution in [0.3, 0.4) is 0 Å². The minimum Gasteiger partial charge on any atom is -0.507 e. The normalized spacial score (nSPS) is 10.7. The molecule has 106 valence electrons. The standard InChI is InChI=1S/C15H12ClN3OS/c16-12-7-3-1-5-10(12)9-21-15-17-14(18-19-15)11-6-2-4-8-13(11)20/h1-8,20H,9H2,(H,17,18,19). The van der Waals surface area contributed by atoms with E-state index in [4.69, 9.17) is 11.6 Å². The predicted molar refractivity (Wildman–Crippen MR) is 84.5 cm³/mol. The van der Waals surface area contributed by atoms with Crippen LogP contribution in [0.1, 0.15) is 5.56 Å². The SMILES string of the molecule is Oc1ccccc1-c1nc(SCc2ccccc2Cl)n[nH]1. The molecule has 0 saturated heterocycles. The summed E-state index contributed by atoms with van der Waals surface area (Å²) >= 11 is 7.61. The second-order valence-corrected chi connectivity index (χ2v) is 5.71. The second kappa shape index (κ2) is 6.20. The van der Waals surface area contributed by atoms with E-state index >= 15 is 0 Å². The summed E-state index contributed by atoms with van der Waals surface area (Å²) < 4.78 is 0. The lowest BCUT2D eigenvalue weighted by Gasteiger charge is -2.01. The van der Waals surface area contributed by atoms with E-state index in [1.165, 1.54) is 11.8 Å². The van der Waals surface area contributed by atoms with Crippen molar-refractivity contribution in [3.05, 3.63) is 59.1 Å². The van der Waals surface area contributed by atoms with Crippen molar-refractivity contribution in [1.82, 2.24) is 15.2 Å². The van der Waals surface area contributed by atoms with Gasteiger partial charge < -0.3 is 5.11 Å². The van der Waals surface area contributed by atoms with Gasteiger partial charge in [0.25, 0.3) is 0 Å². The Labute approximate surface area is 131 Å². The first-order chi connectivity index (χ1) is 10.2. The lowest BCUT2D eigenvalue weighted by molar-refractivity contribution is 0.477. The zero-order valence-electron chi connectivity index (χ0n) is 11.0. The lowest BCUT2D eigenvalue weighted by Crippen LogP contribution is -1.83. The van der Waals surface area contributed by atoms with Crippen molar-refractivity contribution >= 4 is 23.4 Å². The predicted octanol–water partition coefficient (Wildman–Crippen LogP) is 4.12. The van der Waals surface area contributed by atoms with Gasteiger partial charge in [0, 0.05) is 10.8 Å². The first-order valence-corrected chi connectivity index (χ1v) is 7.67. The van der Waals surface area contributed by atoms with Crippen LogP contribution in [-0.4, -0.2) is 20.3 Å². The lowest BCUT2D eigenvalue weighted by atomic mass is 10.2. The van der Waals surface area contributed by atoms with E-state index in [1.807, 2.05) is 30.3 Å². The molecule has 0 unspecified atom stereocenters. The van der Waals surface area contributed by atoms with Gasteiger partial charge in [0.15, 0.2) is 5.82 Å². The third kappa shape index (κ3) is 3.20. The first kappa shape index (κ1) is 14.0. The number of rotatable bonds is 4. The summed E-state index contributed by atoms with van der Waals surface area (Å²) in [6.45, 7) is 0. The van der Waals surface area contributed by atoms with Gasteiger partial charge in [-0.15, -0.1) is 5.10 Å². The minimum absolute atomic E-state index is 0.177. The van der Waals surface area contributed by atoms with Crippen molar-refractivity contribution in [2.24, 2.45) is 0 Å². The Bertz CT molecular complexity index is 760. The number of para-hydroxylation sites is 1. The molecule has 2 N–H and O–H groups in total. The molecule has 0 fully saturated rings. The maximum Gasteiger partial charge on any atom is 0.209 e. The zero-order chi connectivity index (χ0) is 14.7. The number of aromatic hydroxyl groups is 1. The number of hydrogen-bond acceptors (Lipinski definition) is 4. The molecule has 0 atom stereocenters. The zero-order valence-corrected chi connectivity index (χ0v) is 12.5. The molecule has 0 bridgehead atoms. The van der Waals surface area contributed by atoms with Crippen LogP contribution in [0.5, 0.6) is 5.75 Å². The summed E-state index contributed by atoms with van der Waals surface area (Å²) in [5, 5.41) is 18.2. The van der Waals surface area contributed by atoms with E-state index in [1.54, 1.807) is 18.2 Å². The maximum atomic E-state index is 9.81. The molecule has 0 spiro atoms. The highest BCUT2D eigenvalue weighted by Crippen LogP contribution is 2.28. The van der Waals surface area contributed by atoms with Gasteiger partial charge in [-0.1, -0.05) is 53.7 Å². The van der Waals surface area contributed by atoms with Crippen LogP contribution in [0.4, 0.5) is 0 Å². The second-order valence-electron chi connectivity index (χ2n) is 4.36. The Kier molecular flexibility index (Phi) is 4.13. The van der Waals surface area contributed by atoms with E-state index < -0.39 is 0 Å². The quantitative estimate of drug-likeness (QED) is 0.710. The first-order valence-electron chi connectivity index (χ1n) is 6.31. The van der Waals surface area contributed by atoms with E-state index in [0.717, 1.165) is 10.6 Å². The molecule has 0 aliphatic rings.